The van der Waals surface area contributed by atoms with Crippen LogP contribution in [0, 0.1) is 11.8 Å². The summed E-state index contributed by atoms with van der Waals surface area (Å²) in [6.45, 7) is 11.6. The molecule has 1 rings (SSSR count). The Bertz CT molecular complexity index is 317. The lowest BCUT2D eigenvalue weighted by atomic mass is 9.90. The van der Waals surface area contributed by atoms with Crippen LogP contribution in [-0.4, -0.2) is 0 Å². The smallest absolute Gasteiger partial charge is 0.0274 e. The largest absolute Gasteiger partial charge is 0.0628 e. The van der Waals surface area contributed by atoms with Crippen molar-refractivity contribution in [2.45, 2.75) is 66.7 Å². The van der Waals surface area contributed by atoms with E-state index < -0.39 is 0 Å². The van der Waals surface area contributed by atoms with Crippen LogP contribution in [0.4, 0.5) is 0 Å². The summed E-state index contributed by atoms with van der Waals surface area (Å²) >= 11 is 0. The first kappa shape index (κ1) is 15.3. The van der Waals surface area contributed by atoms with Crippen LogP contribution in [0.15, 0.2) is 18.2 Å². The van der Waals surface area contributed by atoms with Gasteiger partial charge < -0.3 is 0 Å². The second-order valence-electron chi connectivity index (χ2n) is 6.27. The Kier molecular flexibility index (Phi) is 6.46. The maximum absolute atomic E-state index is 2.33. The molecule has 0 saturated carbocycles. The van der Waals surface area contributed by atoms with Gasteiger partial charge in [-0.25, -0.2) is 0 Å². The van der Waals surface area contributed by atoms with Crippen LogP contribution in [0.2, 0.25) is 0 Å². The van der Waals surface area contributed by atoms with Crippen LogP contribution in [0.3, 0.4) is 0 Å². The van der Waals surface area contributed by atoms with Gasteiger partial charge in [0.1, 0.15) is 0 Å². The molecule has 0 fully saturated rings. The second-order valence-corrected chi connectivity index (χ2v) is 6.27. The molecular formula is C18H30. The predicted octanol–water partition coefficient (Wildman–Crippen LogP) is 5.43. The molecule has 102 valence electrons. The van der Waals surface area contributed by atoms with Crippen molar-refractivity contribution in [3.63, 3.8) is 0 Å². The third-order valence-electron chi connectivity index (χ3n) is 3.71. The van der Waals surface area contributed by atoms with Gasteiger partial charge in [0.2, 0.25) is 0 Å². The maximum Gasteiger partial charge on any atom is -0.0274 e. The molecule has 0 heteroatoms. The highest BCUT2D eigenvalue weighted by molar-refractivity contribution is 5.35. The monoisotopic (exact) mass is 246 g/mol. The van der Waals surface area contributed by atoms with Crippen LogP contribution in [0.25, 0.3) is 0 Å². The molecule has 0 heterocycles. The molecule has 0 nitrogen and oxygen atoms in total. The standard InChI is InChI=1S/C18H30/c1-6-18-16(12-10-14(2)3)8-7-9-17(18)13-11-15(4)5/h7-9,14-15H,6,10-13H2,1-5H3. The number of benzene rings is 1. The van der Waals surface area contributed by atoms with Crippen molar-refractivity contribution in [2.24, 2.45) is 11.8 Å². The van der Waals surface area contributed by atoms with E-state index in [4.69, 9.17) is 0 Å². The maximum atomic E-state index is 2.33. The summed E-state index contributed by atoms with van der Waals surface area (Å²) in [5, 5.41) is 0. The number of hydrogen-bond acceptors (Lipinski definition) is 0. The molecule has 18 heavy (non-hydrogen) atoms. The summed E-state index contributed by atoms with van der Waals surface area (Å²) in [7, 11) is 0. The summed E-state index contributed by atoms with van der Waals surface area (Å²) in [6.07, 6.45) is 6.29. The minimum absolute atomic E-state index is 0.800. The molecule has 0 atom stereocenters. The first-order chi connectivity index (χ1) is 8.54. The molecular weight excluding hydrogens is 216 g/mol. The Hall–Kier alpha value is -0.780. The van der Waals surface area contributed by atoms with Crippen LogP contribution < -0.4 is 0 Å². The molecule has 0 N–H and O–H groups in total. The highest BCUT2D eigenvalue weighted by Crippen LogP contribution is 2.21. The Morgan fingerprint density at radius 2 is 1.28 bits per heavy atom. The minimum Gasteiger partial charge on any atom is -0.0628 e. The summed E-state index contributed by atoms with van der Waals surface area (Å²) in [5.74, 6) is 1.60. The summed E-state index contributed by atoms with van der Waals surface area (Å²) in [5.41, 5.74) is 4.80. The van der Waals surface area contributed by atoms with Gasteiger partial charge in [-0.15, -0.1) is 0 Å². The van der Waals surface area contributed by atoms with Gasteiger partial charge in [-0.3, -0.25) is 0 Å². The van der Waals surface area contributed by atoms with Crippen molar-refractivity contribution in [2.75, 3.05) is 0 Å². The zero-order valence-corrected chi connectivity index (χ0v) is 12.9. The SMILES string of the molecule is CCc1c(CCC(C)C)cccc1CCC(C)C. The average Bonchev–Trinajstić information content (AvgIpc) is 2.33. The van der Waals surface area contributed by atoms with Crippen molar-refractivity contribution in [1.29, 1.82) is 0 Å². The molecule has 0 radical (unpaired) electrons. The van der Waals surface area contributed by atoms with E-state index in [-0.39, 0.29) is 0 Å². The van der Waals surface area contributed by atoms with Crippen LogP contribution in [-0.2, 0) is 19.3 Å². The molecule has 0 bridgehead atoms. The number of hydrogen-bond donors (Lipinski definition) is 0. The highest BCUT2D eigenvalue weighted by atomic mass is 14.1. The molecule has 0 amide bonds. The van der Waals surface area contributed by atoms with Crippen molar-refractivity contribution in [1.82, 2.24) is 0 Å². The average molecular weight is 246 g/mol. The van der Waals surface area contributed by atoms with Gasteiger partial charge in [-0.2, -0.15) is 0 Å². The molecule has 0 spiro atoms. The van der Waals surface area contributed by atoms with Gasteiger partial charge in [-0.1, -0.05) is 52.8 Å². The van der Waals surface area contributed by atoms with E-state index in [1.807, 2.05) is 0 Å². The van der Waals surface area contributed by atoms with Crippen LogP contribution >= 0.6 is 0 Å². The van der Waals surface area contributed by atoms with Gasteiger partial charge in [0.15, 0.2) is 0 Å². The van der Waals surface area contributed by atoms with Gasteiger partial charge >= 0.3 is 0 Å². The third-order valence-corrected chi connectivity index (χ3v) is 3.71. The fourth-order valence-corrected chi connectivity index (χ4v) is 2.50. The van der Waals surface area contributed by atoms with E-state index in [0.29, 0.717) is 0 Å². The lowest BCUT2D eigenvalue weighted by molar-refractivity contribution is 0.578. The van der Waals surface area contributed by atoms with Crippen molar-refractivity contribution in [3.05, 3.63) is 34.9 Å². The fraction of sp³-hybridized carbons (Fsp3) is 0.667. The molecule has 0 aromatic heterocycles. The topological polar surface area (TPSA) is 0 Å². The quantitative estimate of drug-likeness (QED) is 0.602. The zero-order chi connectivity index (χ0) is 13.5. The third kappa shape index (κ3) is 4.84. The number of rotatable bonds is 7. The minimum atomic E-state index is 0.800. The molecule has 0 unspecified atom stereocenters. The first-order valence-electron chi connectivity index (χ1n) is 7.64. The molecule has 0 aliphatic rings. The van der Waals surface area contributed by atoms with Gasteiger partial charge in [0.05, 0.1) is 0 Å². The predicted molar refractivity (Wildman–Crippen MR) is 82.1 cm³/mol. The molecule has 0 aliphatic carbocycles. The Balaban J connectivity index is 2.81. The lowest BCUT2D eigenvalue weighted by Gasteiger charge is -2.15. The molecule has 0 saturated heterocycles. The lowest BCUT2D eigenvalue weighted by Crippen LogP contribution is -2.02. The molecule has 0 aliphatic heterocycles. The summed E-state index contributed by atoms with van der Waals surface area (Å²) < 4.78 is 0. The Morgan fingerprint density at radius 3 is 1.61 bits per heavy atom. The van der Waals surface area contributed by atoms with E-state index in [9.17, 15) is 0 Å². The first-order valence-corrected chi connectivity index (χ1v) is 7.64. The van der Waals surface area contributed by atoms with Gasteiger partial charge in [-0.05, 0) is 60.6 Å². The summed E-state index contributed by atoms with van der Waals surface area (Å²) in [6, 6.07) is 6.92. The van der Waals surface area contributed by atoms with E-state index in [2.05, 4.69) is 52.8 Å². The highest BCUT2D eigenvalue weighted by Gasteiger charge is 2.08. The number of aryl methyl sites for hydroxylation is 2. The Morgan fingerprint density at radius 1 is 0.833 bits per heavy atom. The van der Waals surface area contributed by atoms with Gasteiger partial charge in [0.25, 0.3) is 0 Å². The molecule has 1 aromatic rings. The van der Waals surface area contributed by atoms with Crippen molar-refractivity contribution >= 4 is 0 Å². The molecule has 1 aromatic carbocycles. The van der Waals surface area contributed by atoms with E-state index in [0.717, 1.165) is 11.8 Å². The zero-order valence-electron chi connectivity index (χ0n) is 12.9. The fourth-order valence-electron chi connectivity index (χ4n) is 2.50. The van der Waals surface area contributed by atoms with Crippen LogP contribution in [0.1, 0.15) is 64.2 Å². The second kappa shape index (κ2) is 7.61. The van der Waals surface area contributed by atoms with E-state index >= 15 is 0 Å². The van der Waals surface area contributed by atoms with E-state index in [1.54, 1.807) is 16.7 Å². The summed E-state index contributed by atoms with van der Waals surface area (Å²) in [4.78, 5) is 0. The van der Waals surface area contributed by atoms with Crippen molar-refractivity contribution in [3.8, 4) is 0 Å². The van der Waals surface area contributed by atoms with Crippen LogP contribution in [0.5, 0.6) is 0 Å². The van der Waals surface area contributed by atoms with Crippen molar-refractivity contribution < 1.29 is 0 Å². The Labute approximate surface area is 114 Å². The van der Waals surface area contributed by atoms with Gasteiger partial charge in [0, 0.05) is 0 Å². The van der Waals surface area contributed by atoms with E-state index in [1.165, 1.54) is 32.1 Å². The normalized spacial score (nSPS) is 11.5.